The molecule has 1 heterocycles. The van der Waals surface area contributed by atoms with Crippen molar-refractivity contribution in [3.05, 3.63) is 58.3 Å². The van der Waals surface area contributed by atoms with Gasteiger partial charge in [0.2, 0.25) is 0 Å². The second-order valence-electron chi connectivity index (χ2n) is 5.91. The summed E-state index contributed by atoms with van der Waals surface area (Å²) in [6.07, 6.45) is 1.64. The quantitative estimate of drug-likeness (QED) is 0.725. The van der Waals surface area contributed by atoms with E-state index >= 15 is 0 Å². The molecule has 1 aromatic heterocycles. The van der Waals surface area contributed by atoms with Gasteiger partial charge in [-0.05, 0) is 43.0 Å². The first-order chi connectivity index (χ1) is 11.5. The molecule has 0 aliphatic carbocycles. The zero-order valence-corrected chi connectivity index (χ0v) is 13.7. The number of hydrogen-bond acceptors (Lipinski definition) is 4. The second-order valence-corrected chi connectivity index (χ2v) is 5.91. The van der Waals surface area contributed by atoms with Crippen molar-refractivity contribution in [2.24, 2.45) is 0 Å². The number of hydrogen-bond donors (Lipinski definition) is 2. The SMILES string of the molecule is CCC(CC)c1c(O)cc(-c2cc(=O)c3ccccc3o2)cc1O. The number of fused-ring (bicyclic) bond motifs is 1. The second kappa shape index (κ2) is 6.40. The van der Waals surface area contributed by atoms with Crippen LogP contribution in [0.3, 0.4) is 0 Å². The average Bonchev–Trinajstić information content (AvgIpc) is 2.58. The van der Waals surface area contributed by atoms with Gasteiger partial charge in [-0.15, -0.1) is 0 Å². The van der Waals surface area contributed by atoms with Crippen LogP contribution in [0.4, 0.5) is 0 Å². The number of aromatic hydroxyl groups is 2. The molecule has 4 heteroatoms. The van der Waals surface area contributed by atoms with Gasteiger partial charge in [0.25, 0.3) is 0 Å². The summed E-state index contributed by atoms with van der Waals surface area (Å²) in [6, 6.07) is 11.5. The highest BCUT2D eigenvalue weighted by Crippen LogP contribution is 2.40. The summed E-state index contributed by atoms with van der Waals surface area (Å²) < 4.78 is 5.77. The van der Waals surface area contributed by atoms with E-state index in [0.29, 0.717) is 27.9 Å². The Balaban J connectivity index is 2.16. The molecular formula is C20H20O4. The Morgan fingerprint density at radius 1 is 1.00 bits per heavy atom. The molecule has 0 bridgehead atoms. The zero-order valence-electron chi connectivity index (χ0n) is 13.7. The van der Waals surface area contributed by atoms with Gasteiger partial charge in [0, 0.05) is 17.2 Å². The molecule has 0 aliphatic rings. The Morgan fingerprint density at radius 2 is 1.62 bits per heavy atom. The Kier molecular flexibility index (Phi) is 4.30. The summed E-state index contributed by atoms with van der Waals surface area (Å²) in [7, 11) is 0. The molecular weight excluding hydrogens is 304 g/mol. The van der Waals surface area contributed by atoms with Gasteiger partial charge in [0.15, 0.2) is 5.43 Å². The molecule has 2 N–H and O–H groups in total. The largest absolute Gasteiger partial charge is 0.507 e. The first kappa shape index (κ1) is 16.1. The molecule has 0 spiro atoms. The van der Waals surface area contributed by atoms with Gasteiger partial charge in [-0.1, -0.05) is 26.0 Å². The normalized spacial score (nSPS) is 11.3. The number of phenols is 2. The lowest BCUT2D eigenvalue weighted by atomic mass is 9.91. The van der Waals surface area contributed by atoms with E-state index in [2.05, 4.69) is 0 Å². The maximum Gasteiger partial charge on any atom is 0.193 e. The van der Waals surface area contributed by atoms with Crippen molar-refractivity contribution >= 4 is 11.0 Å². The molecule has 0 saturated carbocycles. The smallest absolute Gasteiger partial charge is 0.193 e. The summed E-state index contributed by atoms with van der Waals surface area (Å²) in [6.45, 7) is 4.03. The van der Waals surface area contributed by atoms with Crippen molar-refractivity contribution in [3.8, 4) is 22.8 Å². The van der Waals surface area contributed by atoms with Crippen LogP contribution in [0.25, 0.3) is 22.3 Å². The van der Waals surface area contributed by atoms with Crippen LogP contribution in [-0.2, 0) is 0 Å². The standard InChI is InChI=1S/C20H20O4/c1-3-12(4-2)20-16(22)9-13(10-17(20)23)19-11-15(21)14-7-5-6-8-18(14)24-19/h5-12,22-23H,3-4H2,1-2H3. The number of para-hydroxylation sites is 1. The Labute approximate surface area is 140 Å². The van der Waals surface area contributed by atoms with Gasteiger partial charge in [0.05, 0.1) is 5.39 Å². The minimum atomic E-state index is -0.158. The maximum absolute atomic E-state index is 12.2. The minimum Gasteiger partial charge on any atom is -0.507 e. The average molecular weight is 324 g/mol. The van der Waals surface area contributed by atoms with Crippen LogP contribution in [-0.4, -0.2) is 10.2 Å². The van der Waals surface area contributed by atoms with Crippen molar-refractivity contribution in [2.45, 2.75) is 32.6 Å². The summed E-state index contributed by atoms with van der Waals surface area (Å²) >= 11 is 0. The molecule has 0 aliphatic heterocycles. The highest BCUT2D eigenvalue weighted by atomic mass is 16.3. The molecule has 0 radical (unpaired) electrons. The minimum absolute atomic E-state index is 0.0227. The summed E-state index contributed by atoms with van der Waals surface area (Å²) in [5, 5.41) is 21.2. The van der Waals surface area contributed by atoms with Crippen molar-refractivity contribution in [2.75, 3.05) is 0 Å². The highest BCUT2D eigenvalue weighted by molar-refractivity contribution is 5.79. The van der Waals surface area contributed by atoms with E-state index in [1.807, 2.05) is 13.8 Å². The lowest BCUT2D eigenvalue weighted by molar-refractivity contribution is 0.423. The van der Waals surface area contributed by atoms with Crippen molar-refractivity contribution in [1.82, 2.24) is 0 Å². The summed E-state index contributed by atoms with van der Waals surface area (Å²) in [5.74, 6) is 0.451. The molecule has 2 aromatic carbocycles. The Hall–Kier alpha value is -2.75. The Morgan fingerprint density at radius 3 is 2.25 bits per heavy atom. The first-order valence-electron chi connectivity index (χ1n) is 8.14. The van der Waals surface area contributed by atoms with E-state index in [-0.39, 0.29) is 22.8 Å². The summed E-state index contributed by atoms with van der Waals surface area (Å²) in [5.41, 5.74) is 1.34. The van der Waals surface area contributed by atoms with Crippen LogP contribution in [0, 0.1) is 0 Å². The number of benzene rings is 2. The molecule has 124 valence electrons. The molecule has 0 unspecified atom stereocenters. The van der Waals surface area contributed by atoms with Gasteiger partial charge in [-0.2, -0.15) is 0 Å². The molecule has 24 heavy (non-hydrogen) atoms. The lowest BCUT2D eigenvalue weighted by Gasteiger charge is -2.17. The van der Waals surface area contributed by atoms with Crippen LogP contribution >= 0.6 is 0 Å². The van der Waals surface area contributed by atoms with E-state index in [4.69, 9.17) is 4.42 Å². The fourth-order valence-corrected chi connectivity index (χ4v) is 3.13. The van der Waals surface area contributed by atoms with Gasteiger partial charge in [-0.25, -0.2) is 0 Å². The molecule has 3 rings (SSSR count). The summed E-state index contributed by atoms with van der Waals surface area (Å²) in [4.78, 5) is 12.2. The first-order valence-corrected chi connectivity index (χ1v) is 8.14. The molecule has 0 fully saturated rings. The third-order valence-corrected chi connectivity index (χ3v) is 4.45. The van der Waals surface area contributed by atoms with Crippen LogP contribution in [0.1, 0.15) is 38.2 Å². The molecule has 3 aromatic rings. The highest BCUT2D eigenvalue weighted by Gasteiger charge is 2.19. The van der Waals surface area contributed by atoms with Crippen molar-refractivity contribution < 1.29 is 14.6 Å². The molecule has 4 nitrogen and oxygen atoms in total. The van der Waals surface area contributed by atoms with E-state index < -0.39 is 0 Å². The Bertz CT molecular complexity index is 913. The fourth-order valence-electron chi connectivity index (χ4n) is 3.13. The van der Waals surface area contributed by atoms with Crippen LogP contribution in [0.15, 0.2) is 51.7 Å². The monoisotopic (exact) mass is 324 g/mol. The third-order valence-electron chi connectivity index (χ3n) is 4.45. The van der Waals surface area contributed by atoms with E-state index in [1.54, 1.807) is 36.4 Å². The predicted octanol–water partition coefficient (Wildman–Crippen LogP) is 4.77. The van der Waals surface area contributed by atoms with Crippen LogP contribution < -0.4 is 5.43 Å². The van der Waals surface area contributed by atoms with E-state index in [0.717, 1.165) is 12.8 Å². The maximum atomic E-state index is 12.2. The van der Waals surface area contributed by atoms with Crippen LogP contribution in [0.5, 0.6) is 11.5 Å². The molecule has 0 amide bonds. The van der Waals surface area contributed by atoms with Gasteiger partial charge in [0.1, 0.15) is 22.8 Å². The van der Waals surface area contributed by atoms with Gasteiger partial charge < -0.3 is 14.6 Å². The van der Waals surface area contributed by atoms with E-state index in [9.17, 15) is 15.0 Å². The lowest BCUT2D eigenvalue weighted by Crippen LogP contribution is -2.01. The van der Waals surface area contributed by atoms with Crippen LogP contribution in [0.2, 0.25) is 0 Å². The van der Waals surface area contributed by atoms with Gasteiger partial charge in [-0.3, -0.25) is 4.79 Å². The van der Waals surface area contributed by atoms with Crippen molar-refractivity contribution in [1.29, 1.82) is 0 Å². The van der Waals surface area contributed by atoms with E-state index in [1.165, 1.54) is 6.07 Å². The fraction of sp³-hybridized carbons (Fsp3) is 0.250. The van der Waals surface area contributed by atoms with Crippen molar-refractivity contribution in [3.63, 3.8) is 0 Å². The number of rotatable bonds is 4. The molecule has 0 atom stereocenters. The third kappa shape index (κ3) is 2.75. The number of phenolic OH excluding ortho intramolecular Hbond substituents is 2. The predicted molar refractivity (Wildman–Crippen MR) is 94.6 cm³/mol. The van der Waals surface area contributed by atoms with Gasteiger partial charge >= 0.3 is 0 Å². The molecule has 0 saturated heterocycles. The topological polar surface area (TPSA) is 70.7 Å². The zero-order chi connectivity index (χ0) is 17.3.